The molecule has 0 aliphatic carbocycles. The van der Waals surface area contributed by atoms with Crippen molar-refractivity contribution in [3.05, 3.63) is 70.6 Å². The van der Waals surface area contributed by atoms with E-state index in [0.29, 0.717) is 6.54 Å². The Morgan fingerprint density at radius 3 is 2.71 bits per heavy atom. The number of fused-ring (bicyclic) bond motifs is 1. The molecule has 24 heavy (non-hydrogen) atoms. The Hall–Kier alpha value is -2.33. The highest BCUT2D eigenvalue weighted by Gasteiger charge is 2.26. The SMILES string of the molecule is CC(C)(CNC(=O)c1c(F)cccc1Cl)c1c[nH]c2ccccc12. The van der Waals surface area contributed by atoms with Crippen molar-refractivity contribution < 1.29 is 9.18 Å². The molecule has 1 heterocycles. The Labute approximate surface area is 144 Å². The average Bonchev–Trinajstić information content (AvgIpc) is 2.98. The molecule has 124 valence electrons. The minimum absolute atomic E-state index is 0.109. The summed E-state index contributed by atoms with van der Waals surface area (Å²) in [5, 5.41) is 4.02. The van der Waals surface area contributed by atoms with Gasteiger partial charge >= 0.3 is 0 Å². The number of hydrogen-bond donors (Lipinski definition) is 2. The minimum atomic E-state index is -0.620. The van der Waals surface area contributed by atoms with Crippen LogP contribution in [0.3, 0.4) is 0 Å². The van der Waals surface area contributed by atoms with E-state index in [-0.39, 0.29) is 16.0 Å². The second-order valence-electron chi connectivity index (χ2n) is 6.41. The second kappa shape index (κ2) is 6.29. The number of hydrogen-bond acceptors (Lipinski definition) is 1. The van der Waals surface area contributed by atoms with E-state index in [1.54, 1.807) is 0 Å². The normalized spacial score (nSPS) is 11.7. The van der Waals surface area contributed by atoms with E-state index < -0.39 is 11.7 Å². The second-order valence-corrected chi connectivity index (χ2v) is 6.82. The summed E-state index contributed by atoms with van der Waals surface area (Å²) in [6, 6.07) is 12.2. The standard InChI is InChI=1S/C19H18ClFN2O/c1-19(2,13-10-22-16-9-4-3-6-12(13)16)11-23-18(24)17-14(20)7-5-8-15(17)21/h3-10,22H,11H2,1-2H3,(H,23,24). The fourth-order valence-corrected chi connectivity index (χ4v) is 3.08. The van der Waals surface area contributed by atoms with Gasteiger partial charge in [-0.05, 0) is 23.8 Å². The summed E-state index contributed by atoms with van der Waals surface area (Å²) in [5.74, 6) is -1.13. The molecule has 0 unspecified atom stereocenters. The molecule has 0 saturated heterocycles. The molecule has 3 nitrogen and oxygen atoms in total. The maximum atomic E-state index is 13.9. The van der Waals surface area contributed by atoms with E-state index in [1.165, 1.54) is 18.2 Å². The molecule has 0 saturated carbocycles. The number of carbonyl (C=O) groups excluding carboxylic acids is 1. The molecule has 0 aliphatic rings. The molecule has 3 rings (SSSR count). The van der Waals surface area contributed by atoms with Crippen LogP contribution in [0.5, 0.6) is 0 Å². The van der Waals surface area contributed by atoms with Gasteiger partial charge in [0.1, 0.15) is 5.82 Å². The lowest BCUT2D eigenvalue weighted by atomic mass is 9.84. The van der Waals surface area contributed by atoms with Crippen molar-refractivity contribution in [3.63, 3.8) is 0 Å². The molecule has 1 amide bonds. The van der Waals surface area contributed by atoms with Gasteiger partial charge in [0.05, 0.1) is 10.6 Å². The zero-order valence-corrected chi connectivity index (χ0v) is 14.2. The molecule has 0 radical (unpaired) electrons. The van der Waals surface area contributed by atoms with Crippen molar-refractivity contribution in [1.29, 1.82) is 0 Å². The van der Waals surface area contributed by atoms with Crippen LogP contribution in [-0.2, 0) is 5.41 Å². The van der Waals surface area contributed by atoms with Crippen molar-refractivity contribution >= 4 is 28.4 Å². The third-order valence-electron chi connectivity index (χ3n) is 4.20. The van der Waals surface area contributed by atoms with E-state index in [9.17, 15) is 9.18 Å². The zero-order chi connectivity index (χ0) is 17.3. The van der Waals surface area contributed by atoms with E-state index in [4.69, 9.17) is 11.6 Å². The Bertz CT molecular complexity index is 881. The van der Waals surface area contributed by atoms with Crippen LogP contribution in [0.25, 0.3) is 10.9 Å². The summed E-state index contributed by atoms with van der Waals surface area (Å²) in [4.78, 5) is 15.6. The molecular weight excluding hydrogens is 327 g/mol. The largest absolute Gasteiger partial charge is 0.361 e. The first kappa shape index (κ1) is 16.5. The Kier molecular flexibility index (Phi) is 4.33. The predicted octanol–water partition coefficient (Wildman–Crippen LogP) is 4.67. The van der Waals surface area contributed by atoms with Gasteiger partial charge < -0.3 is 10.3 Å². The number of aromatic nitrogens is 1. The summed E-state index contributed by atoms with van der Waals surface area (Å²) < 4.78 is 13.9. The van der Waals surface area contributed by atoms with Gasteiger partial charge in [-0.15, -0.1) is 0 Å². The summed E-state index contributed by atoms with van der Waals surface area (Å²) in [6.07, 6.45) is 1.95. The van der Waals surface area contributed by atoms with E-state index in [1.807, 2.05) is 44.3 Å². The number of nitrogens with one attached hydrogen (secondary N) is 2. The molecule has 2 aromatic carbocycles. The van der Waals surface area contributed by atoms with Gasteiger partial charge in [-0.1, -0.05) is 49.7 Å². The Morgan fingerprint density at radius 2 is 1.96 bits per heavy atom. The summed E-state index contributed by atoms with van der Waals surface area (Å²) in [7, 11) is 0. The Balaban J connectivity index is 1.81. The van der Waals surface area contributed by atoms with Crippen LogP contribution in [0.1, 0.15) is 29.8 Å². The van der Waals surface area contributed by atoms with Crippen LogP contribution in [-0.4, -0.2) is 17.4 Å². The Morgan fingerprint density at radius 1 is 1.21 bits per heavy atom. The monoisotopic (exact) mass is 344 g/mol. The third kappa shape index (κ3) is 3.02. The smallest absolute Gasteiger partial charge is 0.255 e. The highest BCUT2D eigenvalue weighted by molar-refractivity contribution is 6.33. The average molecular weight is 345 g/mol. The quantitative estimate of drug-likeness (QED) is 0.710. The van der Waals surface area contributed by atoms with Crippen molar-refractivity contribution in [2.24, 2.45) is 0 Å². The maximum Gasteiger partial charge on any atom is 0.255 e. The maximum absolute atomic E-state index is 13.9. The molecule has 0 aliphatic heterocycles. The zero-order valence-electron chi connectivity index (χ0n) is 13.5. The highest BCUT2D eigenvalue weighted by Crippen LogP contribution is 2.30. The van der Waals surface area contributed by atoms with E-state index in [0.717, 1.165) is 16.5 Å². The minimum Gasteiger partial charge on any atom is -0.361 e. The van der Waals surface area contributed by atoms with Crippen molar-refractivity contribution in [2.75, 3.05) is 6.54 Å². The molecule has 0 atom stereocenters. The van der Waals surface area contributed by atoms with Gasteiger partial charge in [0, 0.05) is 29.1 Å². The number of H-pyrrole nitrogens is 1. The molecular formula is C19H18ClFN2O. The van der Waals surface area contributed by atoms with Crippen LogP contribution in [0, 0.1) is 5.82 Å². The molecule has 0 fully saturated rings. The summed E-state index contributed by atoms with van der Waals surface area (Å²) >= 11 is 5.95. The first-order valence-corrected chi connectivity index (χ1v) is 8.07. The summed E-state index contributed by atoms with van der Waals surface area (Å²) in [6.45, 7) is 4.43. The van der Waals surface area contributed by atoms with E-state index in [2.05, 4.69) is 10.3 Å². The first-order valence-electron chi connectivity index (χ1n) is 7.69. The molecule has 0 spiro atoms. The van der Waals surface area contributed by atoms with Gasteiger partial charge in [-0.2, -0.15) is 0 Å². The topological polar surface area (TPSA) is 44.9 Å². The van der Waals surface area contributed by atoms with Gasteiger partial charge in [0.15, 0.2) is 0 Å². The van der Waals surface area contributed by atoms with Gasteiger partial charge in [0.2, 0.25) is 0 Å². The molecule has 5 heteroatoms. The van der Waals surface area contributed by atoms with Gasteiger partial charge in [-0.25, -0.2) is 4.39 Å². The lowest BCUT2D eigenvalue weighted by molar-refractivity contribution is 0.0942. The van der Waals surface area contributed by atoms with Crippen molar-refractivity contribution in [1.82, 2.24) is 10.3 Å². The predicted molar refractivity (Wildman–Crippen MR) is 95.1 cm³/mol. The number of carbonyl (C=O) groups is 1. The first-order chi connectivity index (χ1) is 11.4. The van der Waals surface area contributed by atoms with Crippen LogP contribution in [0.15, 0.2) is 48.7 Å². The molecule has 0 bridgehead atoms. The van der Waals surface area contributed by atoms with Crippen LogP contribution < -0.4 is 5.32 Å². The lowest BCUT2D eigenvalue weighted by Crippen LogP contribution is -2.37. The lowest BCUT2D eigenvalue weighted by Gasteiger charge is -2.25. The fourth-order valence-electron chi connectivity index (χ4n) is 2.83. The third-order valence-corrected chi connectivity index (χ3v) is 4.51. The number of benzene rings is 2. The van der Waals surface area contributed by atoms with Crippen LogP contribution >= 0.6 is 11.6 Å². The molecule has 2 N–H and O–H groups in total. The number of halogens is 2. The van der Waals surface area contributed by atoms with Crippen molar-refractivity contribution in [3.8, 4) is 0 Å². The van der Waals surface area contributed by atoms with Crippen LogP contribution in [0.2, 0.25) is 5.02 Å². The summed E-state index contributed by atoms with van der Waals surface area (Å²) in [5.41, 5.74) is 1.70. The highest BCUT2D eigenvalue weighted by atomic mass is 35.5. The molecule has 3 aromatic rings. The van der Waals surface area contributed by atoms with Gasteiger partial charge in [-0.3, -0.25) is 4.79 Å². The number of amides is 1. The number of aromatic amines is 1. The molecule has 1 aromatic heterocycles. The number of para-hydroxylation sites is 1. The van der Waals surface area contributed by atoms with Crippen LogP contribution in [0.4, 0.5) is 4.39 Å². The van der Waals surface area contributed by atoms with E-state index >= 15 is 0 Å². The van der Waals surface area contributed by atoms with Crippen molar-refractivity contribution in [2.45, 2.75) is 19.3 Å². The number of rotatable bonds is 4. The fraction of sp³-hybridized carbons (Fsp3) is 0.211. The van der Waals surface area contributed by atoms with Gasteiger partial charge in [0.25, 0.3) is 5.91 Å².